The maximum absolute atomic E-state index is 10.4. The van der Waals surface area contributed by atoms with Gasteiger partial charge in [-0.1, -0.05) is 18.9 Å². The van der Waals surface area contributed by atoms with Gasteiger partial charge in [0.15, 0.2) is 0 Å². The van der Waals surface area contributed by atoms with Gasteiger partial charge in [0.1, 0.15) is 0 Å². The van der Waals surface area contributed by atoms with Gasteiger partial charge in [-0.05, 0) is 24.8 Å². The molecule has 0 amide bonds. The van der Waals surface area contributed by atoms with Crippen LogP contribution in [0.2, 0.25) is 0 Å². The average Bonchev–Trinajstić information content (AvgIpc) is 2.26. The Hall–Kier alpha value is -0.870. The third kappa shape index (κ3) is 2.79. The molecular formula is C11H17O4-. The lowest BCUT2D eigenvalue weighted by Gasteiger charge is -2.40. The van der Waals surface area contributed by atoms with E-state index >= 15 is 0 Å². The van der Waals surface area contributed by atoms with Crippen molar-refractivity contribution in [2.75, 3.05) is 13.2 Å². The van der Waals surface area contributed by atoms with Gasteiger partial charge >= 0.3 is 0 Å². The molecule has 0 spiro atoms. The molecule has 1 rings (SSSR count). The summed E-state index contributed by atoms with van der Waals surface area (Å²) in [5.74, 6) is -1.31. The van der Waals surface area contributed by atoms with E-state index in [0.717, 1.165) is 31.8 Å². The quantitative estimate of drug-likeness (QED) is 0.614. The van der Waals surface area contributed by atoms with Crippen LogP contribution >= 0.6 is 0 Å². The van der Waals surface area contributed by atoms with Crippen LogP contribution in [0.3, 0.4) is 0 Å². The summed E-state index contributed by atoms with van der Waals surface area (Å²) in [4.78, 5) is 10.4. The molecule has 1 aliphatic rings. The van der Waals surface area contributed by atoms with E-state index in [0.29, 0.717) is 0 Å². The number of hydrogen-bond donors (Lipinski definition) is 2. The van der Waals surface area contributed by atoms with Gasteiger partial charge in [-0.3, -0.25) is 0 Å². The standard InChI is InChI=1S/C11H18O4/c12-7-9-3-1-2-5-11(9,8-13)6-4-10(14)15/h4,6,9,12-13H,1-3,5,7-8H2,(H,14,15)/p-1/b6-4+. The fraction of sp³-hybridized carbons (Fsp3) is 0.727. The second-order valence-electron chi connectivity index (χ2n) is 4.17. The van der Waals surface area contributed by atoms with E-state index in [-0.39, 0.29) is 19.1 Å². The summed E-state index contributed by atoms with van der Waals surface area (Å²) in [6.45, 7) is -0.139. The second-order valence-corrected chi connectivity index (χ2v) is 4.17. The third-order valence-electron chi connectivity index (χ3n) is 3.32. The Kier molecular flexibility index (Phi) is 4.29. The molecule has 2 unspecified atom stereocenters. The van der Waals surface area contributed by atoms with Gasteiger partial charge in [-0.25, -0.2) is 0 Å². The molecule has 15 heavy (non-hydrogen) atoms. The largest absolute Gasteiger partial charge is 0.545 e. The Morgan fingerprint density at radius 3 is 2.73 bits per heavy atom. The Morgan fingerprint density at radius 1 is 1.47 bits per heavy atom. The Bertz CT molecular complexity index is 249. The first kappa shape index (κ1) is 12.2. The van der Waals surface area contributed by atoms with Gasteiger partial charge in [-0.2, -0.15) is 0 Å². The topological polar surface area (TPSA) is 80.6 Å². The Labute approximate surface area is 89.2 Å². The third-order valence-corrected chi connectivity index (χ3v) is 3.32. The van der Waals surface area contributed by atoms with E-state index in [1.165, 1.54) is 6.08 Å². The van der Waals surface area contributed by atoms with Crippen LogP contribution in [-0.2, 0) is 4.79 Å². The number of hydrogen-bond acceptors (Lipinski definition) is 4. The van der Waals surface area contributed by atoms with Crippen molar-refractivity contribution in [1.29, 1.82) is 0 Å². The van der Waals surface area contributed by atoms with Gasteiger partial charge in [0.2, 0.25) is 0 Å². The molecule has 0 aromatic rings. The molecule has 0 saturated heterocycles. The van der Waals surface area contributed by atoms with E-state index < -0.39 is 11.4 Å². The van der Waals surface area contributed by atoms with Crippen LogP contribution in [-0.4, -0.2) is 29.4 Å². The molecule has 1 aliphatic carbocycles. The number of carboxylic acid groups (broad SMARTS) is 1. The number of aliphatic hydroxyl groups excluding tert-OH is 2. The van der Waals surface area contributed by atoms with Gasteiger partial charge in [-0.15, -0.1) is 0 Å². The van der Waals surface area contributed by atoms with E-state index in [4.69, 9.17) is 0 Å². The van der Waals surface area contributed by atoms with Crippen molar-refractivity contribution >= 4 is 5.97 Å². The maximum atomic E-state index is 10.4. The SMILES string of the molecule is O=C([O-])/C=C/C1(CO)CCCCC1CO. The zero-order valence-corrected chi connectivity index (χ0v) is 8.69. The van der Waals surface area contributed by atoms with Crippen LogP contribution in [0.4, 0.5) is 0 Å². The highest BCUT2D eigenvalue weighted by atomic mass is 16.4. The predicted octanol–water partition coefficient (Wildman–Crippen LogP) is -0.546. The molecular weight excluding hydrogens is 196 g/mol. The highest BCUT2D eigenvalue weighted by Gasteiger charge is 2.37. The summed E-state index contributed by atoms with van der Waals surface area (Å²) in [5.41, 5.74) is -0.576. The van der Waals surface area contributed by atoms with Crippen molar-refractivity contribution in [2.45, 2.75) is 25.7 Å². The minimum atomic E-state index is -1.26. The molecule has 1 saturated carbocycles. The van der Waals surface area contributed by atoms with Crippen molar-refractivity contribution < 1.29 is 20.1 Å². The molecule has 0 aromatic heterocycles. The number of rotatable bonds is 4. The molecule has 2 N–H and O–H groups in total. The average molecular weight is 213 g/mol. The Balaban J connectivity index is 2.83. The minimum absolute atomic E-state index is 0.0159. The molecule has 2 atom stereocenters. The van der Waals surface area contributed by atoms with Crippen molar-refractivity contribution in [3.05, 3.63) is 12.2 Å². The Morgan fingerprint density at radius 2 is 2.20 bits per heavy atom. The second kappa shape index (κ2) is 5.28. The van der Waals surface area contributed by atoms with Crippen LogP contribution in [0, 0.1) is 11.3 Å². The summed E-state index contributed by atoms with van der Waals surface area (Å²) in [5, 5.41) is 28.9. The molecule has 4 heteroatoms. The number of carbonyl (C=O) groups excluding carboxylic acids is 1. The molecule has 4 nitrogen and oxygen atoms in total. The van der Waals surface area contributed by atoms with Crippen molar-refractivity contribution in [2.24, 2.45) is 11.3 Å². The van der Waals surface area contributed by atoms with Crippen LogP contribution in [0.5, 0.6) is 0 Å². The first-order valence-electron chi connectivity index (χ1n) is 5.26. The smallest absolute Gasteiger partial charge is 0.0639 e. The first-order valence-corrected chi connectivity index (χ1v) is 5.26. The molecule has 86 valence electrons. The highest BCUT2D eigenvalue weighted by Crippen LogP contribution is 2.41. The molecule has 0 aromatic carbocycles. The molecule has 0 aliphatic heterocycles. The van der Waals surface area contributed by atoms with Crippen LogP contribution in [0.25, 0.3) is 0 Å². The molecule has 1 fully saturated rings. The highest BCUT2D eigenvalue weighted by molar-refractivity contribution is 5.77. The zero-order chi connectivity index (χ0) is 11.3. The van der Waals surface area contributed by atoms with Gasteiger partial charge in [0, 0.05) is 12.0 Å². The summed E-state index contributed by atoms with van der Waals surface area (Å²) in [7, 11) is 0. The first-order chi connectivity index (χ1) is 7.14. The van der Waals surface area contributed by atoms with E-state index in [1.807, 2.05) is 0 Å². The van der Waals surface area contributed by atoms with E-state index in [2.05, 4.69) is 0 Å². The zero-order valence-electron chi connectivity index (χ0n) is 8.69. The van der Waals surface area contributed by atoms with Crippen molar-refractivity contribution in [3.63, 3.8) is 0 Å². The van der Waals surface area contributed by atoms with Crippen molar-refractivity contribution in [1.82, 2.24) is 0 Å². The van der Waals surface area contributed by atoms with Gasteiger partial charge < -0.3 is 20.1 Å². The number of carboxylic acids is 1. The van der Waals surface area contributed by atoms with Crippen LogP contribution < -0.4 is 5.11 Å². The lowest BCUT2D eigenvalue weighted by Crippen LogP contribution is -2.38. The summed E-state index contributed by atoms with van der Waals surface area (Å²) in [6.07, 6.45) is 5.97. The molecule has 0 heterocycles. The molecule has 0 radical (unpaired) electrons. The van der Waals surface area contributed by atoms with Crippen molar-refractivity contribution in [3.8, 4) is 0 Å². The monoisotopic (exact) mass is 213 g/mol. The minimum Gasteiger partial charge on any atom is -0.545 e. The fourth-order valence-corrected chi connectivity index (χ4v) is 2.32. The number of aliphatic hydroxyl groups is 2. The molecule has 0 bridgehead atoms. The predicted molar refractivity (Wildman–Crippen MR) is 52.7 cm³/mol. The van der Waals surface area contributed by atoms with Crippen LogP contribution in [0.15, 0.2) is 12.2 Å². The lowest BCUT2D eigenvalue weighted by atomic mass is 9.67. The summed E-state index contributed by atoms with van der Waals surface area (Å²) < 4.78 is 0. The van der Waals surface area contributed by atoms with Crippen LogP contribution in [0.1, 0.15) is 25.7 Å². The summed E-state index contributed by atoms with van der Waals surface area (Å²) >= 11 is 0. The number of aliphatic carboxylic acids is 1. The van der Waals surface area contributed by atoms with Gasteiger partial charge in [0.25, 0.3) is 0 Å². The summed E-state index contributed by atoms with van der Waals surface area (Å²) in [6, 6.07) is 0. The van der Waals surface area contributed by atoms with E-state index in [1.54, 1.807) is 0 Å². The fourth-order valence-electron chi connectivity index (χ4n) is 2.32. The lowest BCUT2D eigenvalue weighted by molar-refractivity contribution is -0.297. The van der Waals surface area contributed by atoms with Gasteiger partial charge in [0.05, 0.1) is 12.6 Å². The van der Waals surface area contributed by atoms with E-state index in [9.17, 15) is 20.1 Å². The number of carbonyl (C=O) groups is 1. The maximum Gasteiger partial charge on any atom is 0.0639 e. The normalized spacial score (nSPS) is 32.0.